The predicted molar refractivity (Wildman–Crippen MR) is 134 cm³/mol. The van der Waals surface area contributed by atoms with Gasteiger partial charge >= 0.3 is 0 Å². The molecule has 2 aromatic rings. The van der Waals surface area contributed by atoms with Crippen LogP contribution < -0.4 is 9.80 Å². The highest BCUT2D eigenvalue weighted by atomic mass is 32.2. The van der Waals surface area contributed by atoms with Crippen LogP contribution in [0.2, 0.25) is 0 Å². The Morgan fingerprint density at radius 2 is 1.74 bits per heavy atom. The normalized spacial score (nSPS) is 18.2. The van der Waals surface area contributed by atoms with Gasteiger partial charge in [0.2, 0.25) is 11.8 Å². The van der Waals surface area contributed by atoms with E-state index < -0.39 is 9.84 Å². The second kappa shape index (κ2) is 9.78. The van der Waals surface area contributed by atoms with Crippen LogP contribution in [0.4, 0.5) is 11.4 Å². The summed E-state index contributed by atoms with van der Waals surface area (Å²) in [4.78, 5) is 30.9. The molecule has 2 heterocycles. The van der Waals surface area contributed by atoms with Crippen molar-refractivity contribution in [1.29, 1.82) is 0 Å². The molecule has 0 bridgehead atoms. The topological polar surface area (TPSA) is 78.0 Å². The maximum absolute atomic E-state index is 13.0. The van der Waals surface area contributed by atoms with Gasteiger partial charge in [0, 0.05) is 56.4 Å². The first-order chi connectivity index (χ1) is 16.2. The largest absolute Gasteiger partial charge is 0.365 e. The van der Waals surface area contributed by atoms with Crippen LogP contribution in [0, 0.1) is 6.92 Å². The minimum absolute atomic E-state index is 0.0306. The molecule has 4 rings (SSSR count). The average molecular weight is 484 g/mol. The molecule has 0 N–H and O–H groups in total. The van der Waals surface area contributed by atoms with Crippen LogP contribution in [0.1, 0.15) is 37.8 Å². The van der Waals surface area contributed by atoms with E-state index in [-0.39, 0.29) is 34.9 Å². The van der Waals surface area contributed by atoms with Crippen LogP contribution in [0.3, 0.4) is 0 Å². The van der Waals surface area contributed by atoms with E-state index in [2.05, 4.69) is 43.0 Å². The van der Waals surface area contributed by atoms with Crippen molar-refractivity contribution in [2.45, 2.75) is 51.0 Å². The number of sulfone groups is 1. The maximum Gasteiger partial charge on any atom is 0.226 e. The van der Waals surface area contributed by atoms with Crippen molar-refractivity contribution in [3.8, 4) is 0 Å². The number of amides is 2. The maximum atomic E-state index is 13.0. The molecule has 2 aliphatic rings. The molecule has 7 nitrogen and oxygen atoms in total. The zero-order chi connectivity index (χ0) is 24.5. The van der Waals surface area contributed by atoms with E-state index in [0.29, 0.717) is 32.5 Å². The Labute approximate surface area is 202 Å². The Balaban J connectivity index is 1.36. The molecule has 0 saturated carbocycles. The monoisotopic (exact) mass is 483 g/mol. The molecule has 2 amide bonds. The molecule has 8 heteroatoms. The molecule has 0 spiro atoms. The van der Waals surface area contributed by atoms with E-state index in [1.165, 1.54) is 5.56 Å². The van der Waals surface area contributed by atoms with E-state index in [0.717, 1.165) is 23.5 Å². The van der Waals surface area contributed by atoms with Crippen molar-refractivity contribution in [3.05, 3.63) is 53.6 Å². The molecule has 2 aliphatic heterocycles. The van der Waals surface area contributed by atoms with E-state index in [9.17, 15) is 18.0 Å². The van der Waals surface area contributed by atoms with Gasteiger partial charge in [0.05, 0.1) is 10.6 Å². The van der Waals surface area contributed by atoms with Gasteiger partial charge in [0.15, 0.2) is 9.84 Å². The van der Waals surface area contributed by atoms with Gasteiger partial charge in [-0.1, -0.05) is 24.6 Å². The number of hydrogen-bond donors (Lipinski definition) is 0. The summed E-state index contributed by atoms with van der Waals surface area (Å²) in [5.74, 6) is -0.300. The highest BCUT2D eigenvalue weighted by molar-refractivity contribution is 7.91. The second-order valence-corrected chi connectivity index (χ2v) is 11.3. The van der Waals surface area contributed by atoms with Crippen LogP contribution in [-0.4, -0.2) is 63.1 Å². The van der Waals surface area contributed by atoms with Crippen LogP contribution in [-0.2, 0) is 25.8 Å². The Bertz CT molecular complexity index is 1180. The van der Waals surface area contributed by atoms with Crippen molar-refractivity contribution in [2.75, 3.05) is 41.7 Å². The van der Waals surface area contributed by atoms with Crippen molar-refractivity contribution in [1.82, 2.24) is 4.90 Å². The van der Waals surface area contributed by atoms with Gasteiger partial charge in [0.25, 0.3) is 0 Å². The third kappa shape index (κ3) is 4.97. The lowest BCUT2D eigenvalue weighted by molar-refractivity contribution is -0.131. The number of piperazine rings is 1. The summed E-state index contributed by atoms with van der Waals surface area (Å²) >= 11 is 0. The molecule has 34 heavy (non-hydrogen) atoms. The lowest BCUT2D eigenvalue weighted by Gasteiger charge is -2.41. The summed E-state index contributed by atoms with van der Waals surface area (Å²) < 4.78 is 25.9. The SMILES string of the molecule is CCC(=O)N1CCc2cc(S(=O)(=O)CCC(=O)N3CCN(c4ccc(C)cc4)[C@H](C)C3)ccc21. The van der Waals surface area contributed by atoms with Crippen LogP contribution in [0.15, 0.2) is 47.4 Å². The van der Waals surface area contributed by atoms with Crippen LogP contribution in [0.5, 0.6) is 0 Å². The fraction of sp³-hybridized carbons (Fsp3) is 0.462. The lowest BCUT2D eigenvalue weighted by Crippen LogP contribution is -2.54. The van der Waals surface area contributed by atoms with Crippen molar-refractivity contribution in [2.24, 2.45) is 0 Å². The number of nitrogens with zero attached hydrogens (tertiary/aromatic N) is 3. The Kier molecular flexibility index (Phi) is 6.98. The summed E-state index contributed by atoms with van der Waals surface area (Å²) in [6, 6.07) is 13.5. The minimum Gasteiger partial charge on any atom is -0.365 e. The summed E-state index contributed by atoms with van der Waals surface area (Å²) in [6.45, 7) is 8.43. The molecule has 182 valence electrons. The quantitative estimate of drug-likeness (QED) is 0.631. The standard InChI is InChI=1S/C26H33N3O4S/c1-4-25(30)29-13-11-21-17-23(9-10-24(21)29)34(32,33)16-12-26(31)27-14-15-28(20(3)18-27)22-7-5-19(2)6-8-22/h5-10,17,20H,4,11-16,18H2,1-3H3/t20-/m1/s1. The fourth-order valence-electron chi connectivity index (χ4n) is 4.82. The van der Waals surface area contributed by atoms with Crippen molar-refractivity contribution >= 4 is 33.0 Å². The number of hydrogen-bond acceptors (Lipinski definition) is 5. The number of benzene rings is 2. The number of fused-ring (bicyclic) bond motifs is 1. The Hall–Kier alpha value is -2.87. The molecule has 0 aromatic heterocycles. The molecule has 1 fully saturated rings. The molecular formula is C26H33N3O4S. The highest BCUT2D eigenvalue weighted by Crippen LogP contribution is 2.31. The molecular weight excluding hydrogens is 450 g/mol. The van der Waals surface area contributed by atoms with Crippen molar-refractivity contribution in [3.63, 3.8) is 0 Å². The third-order valence-corrected chi connectivity index (χ3v) is 8.55. The number of anilines is 2. The van der Waals surface area contributed by atoms with E-state index in [4.69, 9.17) is 0 Å². The number of aryl methyl sites for hydroxylation is 1. The van der Waals surface area contributed by atoms with Crippen molar-refractivity contribution < 1.29 is 18.0 Å². The van der Waals surface area contributed by atoms with Gasteiger partial charge < -0.3 is 14.7 Å². The molecule has 2 aromatic carbocycles. The van der Waals surface area contributed by atoms with E-state index >= 15 is 0 Å². The smallest absolute Gasteiger partial charge is 0.226 e. The summed E-state index contributed by atoms with van der Waals surface area (Å²) in [7, 11) is -3.59. The highest BCUT2D eigenvalue weighted by Gasteiger charge is 2.29. The summed E-state index contributed by atoms with van der Waals surface area (Å²) in [6.07, 6.45) is 1.03. The van der Waals surface area contributed by atoms with E-state index in [1.807, 2.05) is 6.92 Å². The van der Waals surface area contributed by atoms with Crippen LogP contribution >= 0.6 is 0 Å². The zero-order valence-electron chi connectivity index (χ0n) is 20.2. The number of rotatable bonds is 6. The molecule has 0 radical (unpaired) electrons. The second-order valence-electron chi connectivity index (χ2n) is 9.23. The van der Waals surface area contributed by atoms with E-state index in [1.54, 1.807) is 28.0 Å². The molecule has 0 aliphatic carbocycles. The summed E-state index contributed by atoms with van der Waals surface area (Å²) in [5, 5.41) is 0. The first kappa shape index (κ1) is 24.3. The minimum atomic E-state index is -3.59. The molecule has 0 unspecified atom stereocenters. The molecule has 1 saturated heterocycles. The van der Waals surface area contributed by atoms with Crippen LogP contribution in [0.25, 0.3) is 0 Å². The molecule has 1 atom stereocenters. The predicted octanol–water partition coefficient (Wildman–Crippen LogP) is 3.20. The Morgan fingerprint density at radius 1 is 1.00 bits per heavy atom. The van der Waals surface area contributed by atoms with Gasteiger partial charge in [0.1, 0.15) is 0 Å². The zero-order valence-corrected chi connectivity index (χ0v) is 21.0. The number of carbonyl (C=O) groups is 2. The van der Waals surface area contributed by atoms with Gasteiger partial charge in [-0.2, -0.15) is 0 Å². The Morgan fingerprint density at radius 3 is 2.41 bits per heavy atom. The first-order valence-corrected chi connectivity index (χ1v) is 13.6. The number of carbonyl (C=O) groups excluding carboxylic acids is 2. The third-order valence-electron chi connectivity index (χ3n) is 6.84. The van der Waals surface area contributed by atoms with Gasteiger partial charge in [-0.15, -0.1) is 0 Å². The fourth-order valence-corrected chi connectivity index (χ4v) is 6.10. The lowest BCUT2D eigenvalue weighted by atomic mass is 10.1. The summed E-state index contributed by atoms with van der Waals surface area (Å²) in [5.41, 5.74) is 4.02. The van der Waals surface area contributed by atoms with Gasteiger partial charge in [-0.05, 0) is 56.2 Å². The van der Waals surface area contributed by atoms with Gasteiger partial charge in [-0.3, -0.25) is 9.59 Å². The average Bonchev–Trinajstić information content (AvgIpc) is 3.26. The van der Waals surface area contributed by atoms with Gasteiger partial charge in [-0.25, -0.2) is 8.42 Å². The first-order valence-electron chi connectivity index (χ1n) is 12.0.